The Morgan fingerprint density at radius 1 is 1.22 bits per heavy atom. The van der Waals surface area contributed by atoms with Crippen LogP contribution in [-0.2, 0) is 4.79 Å². The second-order valence-electron chi connectivity index (χ2n) is 7.75. The molecule has 2 aromatic rings. The Kier molecular flexibility index (Phi) is 8.01. The van der Waals surface area contributed by atoms with Gasteiger partial charge in [-0.15, -0.1) is 0 Å². The third-order valence-electron chi connectivity index (χ3n) is 5.75. The van der Waals surface area contributed by atoms with Crippen molar-refractivity contribution in [3.05, 3.63) is 69.2 Å². The number of anilines is 2. The number of nitrogens with one attached hydrogen (secondary N) is 2. The number of allylic oxidation sites excluding steroid dienone is 4. The molecule has 8 heteroatoms. The van der Waals surface area contributed by atoms with Crippen LogP contribution in [0.2, 0.25) is 5.02 Å². The zero-order chi connectivity index (χ0) is 23.4. The Morgan fingerprint density at radius 2 is 1.94 bits per heavy atom. The molecular formula is C24H25Cl3N4O. The first-order valence-corrected chi connectivity index (χ1v) is 11.3. The van der Waals surface area contributed by atoms with Crippen molar-refractivity contribution in [1.29, 1.82) is 5.41 Å². The molecule has 2 aromatic carbocycles. The lowest BCUT2D eigenvalue weighted by molar-refractivity contribution is -0.121. The number of carbonyl (C=O) groups is 1. The molecule has 168 valence electrons. The molecule has 0 aliphatic heterocycles. The van der Waals surface area contributed by atoms with Crippen LogP contribution < -0.4 is 16.8 Å². The summed E-state index contributed by atoms with van der Waals surface area (Å²) in [5, 5.41) is 12.3. The van der Waals surface area contributed by atoms with Crippen molar-refractivity contribution in [2.45, 2.75) is 13.3 Å². The van der Waals surface area contributed by atoms with Crippen LogP contribution in [0.15, 0.2) is 58.6 Å². The summed E-state index contributed by atoms with van der Waals surface area (Å²) >= 11 is 18.9. The molecule has 0 saturated heterocycles. The molecule has 3 unspecified atom stereocenters. The predicted molar refractivity (Wildman–Crippen MR) is 136 cm³/mol. The molecule has 6 N–H and O–H groups in total. The van der Waals surface area contributed by atoms with Gasteiger partial charge in [-0.3, -0.25) is 4.79 Å². The van der Waals surface area contributed by atoms with Crippen LogP contribution in [0.1, 0.15) is 18.9 Å². The van der Waals surface area contributed by atoms with Crippen molar-refractivity contribution in [3.63, 3.8) is 0 Å². The summed E-state index contributed by atoms with van der Waals surface area (Å²) in [5.41, 5.74) is 14.9. The van der Waals surface area contributed by atoms with E-state index in [1.807, 2.05) is 31.2 Å². The van der Waals surface area contributed by atoms with Crippen molar-refractivity contribution < 1.29 is 4.79 Å². The molecule has 0 bridgehead atoms. The van der Waals surface area contributed by atoms with Crippen molar-refractivity contribution in [1.82, 2.24) is 0 Å². The highest BCUT2D eigenvalue weighted by atomic mass is 35.5. The Labute approximate surface area is 202 Å². The first-order valence-electron chi connectivity index (χ1n) is 10.2. The lowest BCUT2D eigenvalue weighted by atomic mass is 9.77. The number of benzene rings is 2. The van der Waals surface area contributed by atoms with Gasteiger partial charge in [-0.25, -0.2) is 0 Å². The second kappa shape index (κ2) is 10.5. The number of hydrogen-bond donors (Lipinski definition) is 4. The van der Waals surface area contributed by atoms with Gasteiger partial charge in [0.25, 0.3) is 0 Å². The molecule has 0 radical (unpaired) electrons. The summed E-state index contributed by atoms with van der Waals surface area (Å²) in [6.45, 7) is 2.30. The van der Waals surface area contributed by atoms with Gasteiger partial charge in [0.15, 0.2) is 0 Å². The average molecular weight is 492 g/mol. The molecular weight excluding hydrogens is 467 g/mol. The molecule has 0 fully saturated rings. The van der Waals surface area contributed by atoms with E-state index in [4.69, 9.17) is 51.7 Å². The SMILES string of the molecule is CC1C(Cl)=C(Cl)C=CC1C(CCN)C(=O)Nc1cc(C=N)c(N)c(-c2ccccc2Cl)c1. The van der Waals surface area contributed by atoms with Gasteiger partial charge in [0.05, 0.1) is 5.03 Å². The Hall–Kier alpha value is -2.31. The highest BCUT2D eigenvalue weighted by Crippen LogP contribution is 2.40. The summed E-state index contributed by atoms with van der Waals surface area (Å²) < 4.78 is 0. The fraction of sp³-hybridized carbons (Fsp3) is 0.250. The van der Waals surface area contributed by atoms with E-state index in [0.29, 0.717) is 50.6 Å². The smallest absolute Gasteiger partial charge is 0.228 e. The van der Waals surface area contributed by atoms with E-state index in [1.165, 1.54) is 0 Å². The Morgan fingerprint density at radius 3 is 2.59 bits per heavy atom. The number of carbonyl (C=O) groups excluding carboxylic acids is 1. The minimum absolute atomic E-state index is 0.112. The maximum atomic E-state index is 13.3. The third-order valence-corrected chi connectivity index (χ3v) is 7.05. The maximum Gasteiger partial charge on any atom is 0.228 e. The Bertz CT molecular complexity index is 1100. The van der Waals surface area contributed by atoms with Crippen LogP contribution in [0.5, 0.6) is 0 Å². The molecule has 0 aromatic heterocycles. The monoisotopic (exact) mass is 490 g/mol. The molecule has 1 amide bonds. The van der Waals surface area contributed by atoms with Crippen LogP contribution in [-0.4, -0.2) is 18.7 Å². The summed E-state index contributed by atoms with van der Waals surface area (Å²) in [4.78, 5) is 13.3. The van der Waals surface area contributed by atoms with Crippen molar-refractivity contribution in [2.24, 2.45) is 23.5 Å². The van der Waals surface area contributed by atoms with Gasteiger partial charge in [-0.2, -0.15) is 0 Å². The molecule has 32 heavy (non-hydrogen) atoms. The first kappa shape index (κ1) is 24.3. The summed E-state index contributed by atoms with van der Waals surface area (Å²) in [5.74, 6) is -0.856. The van der Waals surface area contributed by atoms with Gasteiger partial charge in [0.1, 0.15) is 0 Å². The molecule has 1 aliphatic rings. The molecule has 0 heterocycles. The van der Waals surface area contributed by atoms with Crippen molar-refractivity contribution in [2.75, 3.05) is 17.6 Å². The minimum Gasteiger partial charge on any atom is -0.398 e. The predicted octanol–water partition coefficient (Wildman–Crippen LogP) is 6.00. The van der Waals surface area contributed by atoms with Gasteiger partial charge in [0.2, 0.25) is 5.91 Å². The normalized spacial score (nSPS) is 19.0. The third kappa shape index (κ3) is 5.02. The van der Waals surface area contributed by atoms with Gasteiger partial charge in [-0.05, 0) is 43.2 Å². The maximum absolute atomic E-state index is 13.3. The number of rotatable bonds is 7. The van der Waals surface area contributed by atoms with Gasteiger partial charge in [0, 0.05) is 56.2 Å². The molecule has 0 spiro atoms. The lowest BCUT2D eigenvalue weighted by Crippen LogP contribution is -2.34. The minimum atomic E-state index is -0.408. The first-order chi connectivity index (χ1) is 15.3. The summed E-state index contributed by atoms with van der Waals surface area (Å²) in [6.07, 6.45) is 5.29. The lowest BCUT2D eigenvalue weighted by Gasteiger charge is -2.31. The molecule has 1 aliphatic carbocycles. The topological polar surface area (TPSA) is 105 Å². The van der Waals surface area contributed by atoms with E-state index in [0.717, 1.165) is 11.8 Å². The van der Waals surface area contributed by atoms with Crippen LogP contribution in [0.4, 0.5) is 11.4 Å². The number of halogens is 3. The fourth-order valence-electron chi connectivity index (χ4n) is 3.99. The second-order valence-corrected chi connectivity index (χ2v) is 8.97. The summed E-state index contributed by atoms with van der Waals surface area (Å²) in [6, 6.07) is 10.7. The highest BCUT2D eigenvalue weighted by Gasteiger charge is 2.34. The number of nitrogens with two attached hydrogens (primary N) is 2. The standard InChI is InChI=1S/C24H25Cl3N4O/c1-13-16(6-7-21(26)22(13)27)18(8-9-28)24(32)31-15-10-14(12-29)23(30)19(11-15)17-4-2-3-5-20(17)25/h2-7,10-13,16,18,29H,8-9,28,30H2,1H3,(H,31,32). The van der Waals surface area contributed by atoms with Crippen LogP contribution in [0.3, 0.4) is 0 Å². The quantitative estimate of drug-likeness (QED) is 0.282. The van der Waals surface area contributed by atoms with E-state index >= 15 is 0 Å². The van der Waals surface area contributed by atoms with Gasteiger partial charge in [-0.1, -0.05) is 66.0 Å². The van der Waals surface area contributed by atoms with Gasteiger partial charge < -0.3 is 22.2 Å². The van der Waals surface area contributed by atoms with E-state index in [1.54, 1.807) is 24.3 Å². The Balaban J connectivity index is 1.95. The number of hydrogen-bond acceptors (Lipinski definition) is 4. The largest absolute Gasteiger partial charge is 0.398 e. The van der Waals surface area contributed by atoms with Crippen molar-refractivity contribution in [3.8, 4) is 11.1 Å². The van der Waals surface area contributed by atoms with E-state index in [-0.39, 0.29) is 17.7 Å². The molecule has 3 rings (SSSR count). The van der Waals surface area contributed by atoms with Crippen LogP contribution in [0, 0.1) is 23.2 Å². The molecule has 5 nitrogen and oxygen atoms in total. The number of nitrogen functional groups attached to an aromatic ring is 1. The zero-order valence-corrected chi connectivity index (χ0v) is 19.8. The molecule has 3 atom stereocenters. The van der Waals surface area contributed by atoms with E-state index in [2.05, 4.69) is 5.32 Å². The zero-order valence-electron chi connectivity index (χ0n) is 17.5. The highest BCUT2D eigenvalue weighted by molar-refractivity contribution is 6.40. The fourth-order valence-corrected chi connectivity index (χ4v) is 4.68. The van der Waals surface area contributed by atoms with Crippen LogP contribution >= 0.6 is 34.8 Å². The van der Waals surface area contributed by atoms with Crippen LogP contribution in [0.25, 0.3) is 11.1 Å². The summed E-state index contributed by atoms with van der Waals surface area (Å²) in [7, 11) is 0. The van der Waals surface area contributed by atoms with Gasteiger partial charge >= 0.3 is 0 Å². The number of amides is 1. The average Bonchev–Trinajstić information content (AvgIpc) is 2.78. The molecule has 0 saturated carbocycles. The van der Waals surface area contributed by atoms with Crippen molar-refractivity contribution >= 4 is 58.3 Å². The van der Waals surface area contributed by atoms with E-state index in [9.17, 15) is 4.79 Å². The van der Waals surface area contributed by atoms with E-state index < -0.39 is 5.92 Å².